The zero-order valence-electron chi connectivity index (χ0n) is 22.1. The fourth-order valence-corrected chi connectivity index (χ4v) is 6.76. The maximum absolute atomic E-state index is 14.5. The Morgan fingerprint density at radius 1 is 0.925 bits per heavy atom. The zero-order chi connectivity index (χ0) is 28.3. The van der Waals surface area contributed by atoms with Gasteiger partial charge in [-0.2, -0.15) is 4.31 Å². The van der Waals surface area contributed by atoms with Crippen LogP contribution in [0.5, 0.6) is 0 Å². The second-order valence-corrected chi connectivity index (χ2v) is 11.1. The van der Waals surface area contributed by atoms with E-state index < -0.39 is 39.6 Å². The molecule has 1 N–H and O–H groups in total. The van der Waals surface area contributed by atoms with Gasteiger partial charge in [-0.15, -0.1) is 0 Å². The minimum atomic E-state index is -1.74. The number of carbonyl (C=O) groups is 1. The number of methoxy groups -OCH3 is 1. The Balaban J connectivity index is 1.76. The Morgan fingerprint density at radius 2 is 1.52 bits per heavy atom. The summed E-state index contributed by atoms with van der Waals surface area (Å²) < 4.78 is 21.7. The van der Waals surface area contributed by atoms with Gasteiger partial charge in [0.05, 0.1) is 29.1 Å². The Kier molecular flexibility index (Phi) is 7.88. The van der Waals surface area contributed by atoms with Crippen LogP contribution in [0.1, 0.15) is 34.5 Å². The van der Waals surface area contributed by atoms with Gasteiger partial charge < -0.3 is 4.74 Å². The SMILES string of the molecule is COC(=O)[C@]1(Cc2ccccc2)N[C@H](c2ccccc2)N([S@@](=O)c2ccc(C)cc2)[C@@H]1c1ccc([N+](=O)[O-])cc1. The molecule has 1 fully saturated rings. The Morgan fingerprint density at radius 3 is 2.10 bits per heavy atom. The van der Waals surface area contributed by atoms with Gasteiger partial charge in [-0.25, -0.2) is 9.00 Å². The molecule has 1 heterocycles. The second kappa shape index (κ2) is 11.5. The van der Waals surface area contributed by atoms with E-state index in [2.05, 4.69) is 5.32 Å². The van der Waals surface area contributed by atoms with Gasteiger partial charge in [-0.3, -0.25) is 15.4 Å². The number of non-ortho nitro benzene ring substituents is 1. The van der Waals surface area contributed by atoms with Gasteiger partial charge in [0.2, 0.25) is 0 Å². The van der Waals surface area contributed by atoms with E-state index >= 15 is 0 Å². The molecule has 4 aromatic carbocycles. The predicted molar refractivity (Wildman–Crippen MR) is 152 cm³/mol. The van der Waals surface area contributed by atoms with E-state index in [4.69, 9.17) is 4.74 Å². The quantitative estimate of drug-likeness (QED) is 0.177. The molecule has 1 aliphatic heterocycles. The van der Waals surface area contributed by atoms with Crippen LogP contribution in [0.25, 0.3) is 0 Å². The molecule has 1 aliphatic rings. The van der Waals surface area contributed by atoms with E-state index in [0.717, 1.165) is 16.7 Å². The highest BCUT2D eigenvalue weighted by atomic mass is 32.2. The third kappa shape index (κ3) is 5.19. The molecule has 0 saturated carbocycles. The molecule has 4 aromatic rings. The molecule has 0 unspecified atom stereocenters. The number of rotatable bonds is 8. The van der Waals surface area contributed by atoms with Crippen molar-refractivity contribution < 1.29 is 18.7 Å². The van der Waals surface area contributed by atoms with Crippen LogP contribution in [-0.2, 0) is 26.9 Å². The molecule has 0 radical (unpaired) electrons. The van der Waals surface area contributed by atoms with Gasteiger partial charge in [0.25, 0.3) is 5.69 Å². The summed E-state index contributed by atoms with van der Waals surface area (Å²) in [6.07, 6.45) is -0.418. The average Bonchev–Trinajstić information content (AvgIpc) is 3.33. The van der Waals surface area contributed by atoms with Crippen LogP contribution < -0.4 is 5.32 Å². The van der Waals surface area contributed by atoms with Crippen molar-refractivity contribution in [1.82, 2.24) is 9.62 Å². The smallest absolute Gasteiger partial charge is 0.328 e. The maximum atomic E-state index is 14.5. The van der Waals surface area contributed by atoms with Crippen LogP contribution in [-0.4, -0.2) is 32.1 Å². The molecule has 9 heteroatoms. The van der Waals surface area contributed by atoms with Gasteiger partial charge in [0.1, 0.15) is 16.5 Å². The van der Waals surface area contributed by atoms with Crippen molar-refractivity contribution in [2.24, 2.45) is 0 Å². The first kappa shape index (κ1) is 27.4. The topological polar surface area (TPSA) is 102 Å². The summed E-state index contributed by atoms with van der Waals surface area (Å²) in [5.41, 5.74) is 1.86. The lowest BCUT2D eigenvalue weighted by molar-refractivity contribution is -0.384. The minimum absolute atomic E-state index is 0.0766. The fourth-order valence-electron chi connectivity index (χ4n) is 5.29. The molecule has 0 aliphatic carbocycles. The van der Waals surface area contributed by atoms with Crippen molar-refractivity contribution >= 4 is 22.6 Å². The second-order valence-electron chi connectivity index (χ2n) is 9.76. The standard InChI is InChI=1S/C31H29N3O5S/c1-22-13-19-27(20-14-22)40(38)33-28(24-15-17-26(18-16-24)34(36)37)31(30(35)39-2,21-23-9-5-3-6-10-23)32-29(33)25-11-7-4-8-12-25/h3-20,28-29,32H,21H2,1-2H3/t28-,29+,31-,40+/m1/s1. The van der Waals surface area contributed by atoms with Crippen molar-refractivity contribution in [3.8, 4) is 0 Å². The number of hydrogen-bond acceptors (Lipinski definition) is 6. The van der Waals surface area contributed by atoms with Crippen LogP contribution in [0.4, 0.5) is 5.69 Å². The summed E-state index contributed by atoms with van der Waals surface area (Å²) in [5, 5.41) is 15.0. The van der Waals surface area contributed by atoms with Crippen LogP contribution in [0.3, 0.4) is 0 Å². The molecule has 4 atom stereocenters. The highest BCUT2D eigenvalue weighted by Crippen LogP contribution is 2.49. The molecular formula is C31H29N3O5S. The molecule has 204 valence electrons. The number of nitro benzene ring substituents is 1. The average molecular weight is 556 g/mol. The van der Waals surface area contributed by atoms with Crippen LogP contribution in [0.2, 0.25) is 0 Å². The van der Waals surface area contributed by atoms with Crippen LogP contribution >= 0.6 is 0 Å². The van der Waals surface area contributed by atoms with Crippen molar-refractivity contribution in [3.05, 3.63) is 142 Å². The molecule has 40 heavy (non-hydrogen) atoms. The van der Waals surface area contributed by atoms with Crippen molar-refractivity contribution in [2.45, 2.75) is 36.0 Å². The predicted octanol–water partition coefficient (Wildman–Crippen LogP) is 5.43. The highest BCUT2D eigenvalue weighted by molar-refractivity contribution is 7.82. The van der Waals surface area contributed by atoms with E-state index in [9.17, 15) is 19.1 Å². The molecule has 0 spiro atoms. The number of aryl methyl sites for hydroxylation is 1. The summed E-state index contributed by atoms with van der Waals surface area (Å²) in [4.78, 5) is 25.4. The van der Waals surface area contributed by atoms with Gasteiger partial charge in [-0.05, 0) is 35.7 Å². The molecule has 0 aromatic heterocycles. The van der Waals surface area contributed by atoms with Gasteiger partial charge in [-0.1, -0.05) is 90.5 Å². The monoisotopic (exact) mass is 555 g/mol. The van der Waals surface area contributed by atoms with E-state index in [-0.39, 0.29) is 12.1 Å². The van der Waals surface area contributed by atoms with E-state index in [1.807, 2.05) is 91.9 Å². The number of nitrogens with zero attached hydrogens (tertiary/aromatic N) is 2. The van der Waals surface area contributed by atoms with Crippen LogP contribution in [0.15, 0.2) is 114 Å². The normalized spacial score (nSPS) is 21.6. The summed E-state index contributed by atoms with van der Waals surface area (Å²) in [6.45, 7) is 1.96. The van der Waals surface area contributed by atoms with Crippen molar-refractivity contribution in [3.63, 3.8) is 0 Å². The number of esters is 1. The summed E-state index contributed by atoms with van der Waals surface area (Å²) in [7, 11) is -0.402. The maximum Gasteiger partial charge on any atom is 0.328 e. The number of nitrogens with one attached hydrogen (secondary N) is 1. The van der Waals surface area contributed by atoms with Gasteiger partial charge >= 0.3 is 5.97 Å². The molecular weight excluding hydrogens is 526 g/mol. The summed E-state index contributed by atoms with van der Waals surface area (Å²) in [6, 6.07) is 31.7. The van der Waals surface area contributed by atoms with E-state index in [0.29, 0.717) is 10.5 Å². The lowest BCUT2D eigenvalue weighted by Crippen LogP contribution is -2.54. The van der Waals surface area contributed by atoms with Gasteiger partial charge in [0, 0.05) is 18.6 Å². The summed E-state index contributed by atoms with van der Waals surface area (Å²) >= 11 is 0. The number of hydrogen-bond donors (Lipinski definition) is 1. The molecule has 0 bridgehead atoms. The lowest BCUT2D eigenvalue weighted by atomic mass is 9.81. The molecule has 5 rings (SSSR count). The number of nitro groups is 1. The Bertz CT molecular complexity index is 1510. The molecule has 1 saturated heterocycles. The summed E-state index contributed by atoms with van der Waals surface area (Å²) in [5.74, 6) is -0.524. The Labute approximate surface area is 235 Å². The molecule has 0 amide bonds. The zero-order valence-corrected chi connectivity index (χ0v) is 22.9. The number of benzene rings is 4. The van der Waals surface area contributed by atoms with Crippen molar-refractivity contribution in [1.29, 1.82) is 0 Å². The van der Waals surface area contributed by atoms with Crippen molar-refractivity contribution in [2.75, 3.05) is 7.11 Å². The number of ether oxygens (including phenoxy) is 1. The van der Waals surface area contributed by atoms with E-state index in [1.165, 1.54) is 19.2 Å². The third-order valence-corrected chi connectivity index (χ3v) is 8.67. The largest absolute Gasteiger partial charge is 0.468 e. The number of carbonyl (C=O) groups excluding carboxylic acids is 1. The molecule has 8 nitrogen and oxygen atoms in total. The first-order valence-corrected chi connectivity index (χ1v) is 13.9. The Hall–Kier alpha value is -4.18. The minimum Gasteiger partial charge on any atom is -0.468 e. The third-order valence-electron chi connectivity index (χ3n) is 7.19. The first-order valence-electron chi connectivity index (χ1n) is 12.8. The van der Waals surface area contributed by atoms with Gasteiger partial charge in [0.15, 0.2) is 0 Å². The van der Waals surface area contributed by atoms with E-state index in [1.54, 1.807) is 16.4 Å². The first-order chi connectivity index (χ1) is 19.3. The lowest BCUT2D eigenvalue weighted by Gasteiger charge is -2.35. The fraction of sp³-hybridized carbons (Fsp3) is 0.194. The van der Waals surface area contributed by atoms with Crippen LogP contribution in [0, 0.1) is 17.0 Å². The highest BCUT2D eigenvalue weighted by Gasteiger charge is 2.60.